The van der Waals surface area contributed by atoms with Crippen LogP contribution in [0.5, 0.6) is 0 Å². The van der Waals surface area contributed by atoms with Gasteiger partial charge in [0.25, 0.3) is 15.6 Å². The number of unbranched alkanes of at least 4 members (excludes halogenated alkanes) is 32. The molecule has 5 aliphatic carbocycles. The SMILES string of the molecule is CC1(C(=O)O)CCC2(C)CCC3(C)C(=CC(=O)C4C5(C)CCC(O)C(C)(C)C5CCC43C)C2C1.CCCCCCCCCCCC(=O)OCC(COP(=O)([O-])OCC(O)COP(=O)([O-])OCC(COC(=O)CCCCCCCCCCC)OC(=O)CCCCCCCCCCC)OC(=O)CCCCCCCCCCC.[Na+].[Na+]. The van der Waals surface area contributed by atoms with Gasteiger partial charge >= 0.3 is 89.0 Å². The molecule has 0 aromatic rings. The van der Waals surface area contributed by atoms with E-state index in [2.05, 4.69) is 69.2 Å². The van der Waals surface area contributed by atoms with Crippen molar-refractivity contribution in [1.29, 1.82) is 0 Å². The van der Waals surface area contributed by atoms with Crippen molar-refractivity contribution in [2.75, 3.05) is 39.6 Å². The first-order valence-corrected chi connectivity index (χ1v) is 46.9. The topological polar surface area (TPSA) is 317 Å². The predicted molar refractivity (Wildman–Crippen MR) is 427 cm³/mol. The third-order valence-corrected chi connectivity index (χ3v) is 28.0. The zero-order valence-corrected chi connectivity index (χ0v) is 78.4. The Morgan fingerprint density at radius 1 is 0.464 bits per heavy atom. The predicted octanol–water partition coefficient (Wildman–Crippen LogP) is 14.4. The standard InChI is InChI=1S/C57H110O17P2.C30H46O4.2Na/c1-5-9-13-17-21-25-29-33-37-41-54(59)67-47-52(73-56(61)43-39-35-31-27-23-19-15-11-7-3)49-71-75(63,64)69-45-51(58)46-70-76(65,66)72-50-53(74-57(62)44-40-36-32-28-24-20-16-12-8-4)48-68-55(60)42-38-34-30-26-22-18-14-10-6-2;1-25(2)21-8-11-30(7)23(28(21,5)10-9-22(25)32)20(31)16-18-19-17-27(4,24(33)34)13-12-26(19,3)14-15-29(18,30)6;;/h51-53,58H,5-50H2,1-4H3,(H,63,64)(H,65,66);16,19,21-23,32H,8-15,17H2,1-7H3,(H,33,34);;/q;;2*+1/p-2. The van der Waals surface area contributed by atoms with Gasteiger partial charge in [-0.2, -0.15) is 0 Å². The fraction of sp³-hybridized carbons (Fsp3) is 0.908. The number of aliphatic hydroxyl groups is 2. The first kappa shape index (κ1) is 107. The molecule has 3 N–H and O–H groups in total. The van der Waals surface area contributed by atoms with Gasteiger partial charge in [0.05, 0.1) is 37.9 Å². The maximum absolute atomic E-state index is 14.2. The Labute approximate surface area is 721 Å². The number of carboxylic acid groups (broad SMARTS) is 1. The van der Waals surface area contributed by atoms with Crippen LogP contribution in [0.4, 0.5) is 0 Å². The van der Waals surface area contributed by atoms with Crippen LogP contribution in [0.25, 0.3) is 0 Å². The van der Waals surface area contributed by atoms with E-state index < -0.39 is 109 Å². The van der Waals surface area contributed by atoms with E-state index in [1.54, 1.807) is 0 Å². The number of ketones is 1. The molecule has 13 atom stereocenters. The molecule has 25 heteroatoms. The van der Waals surface area contributed by atoms with Gasteiger partial charge in [-0.1, -0.05) is 280 Å². The third kappa shape index (κ3) is 37.1. The Balaban J connectivity index is 0.000000968. The number of aliphatic hydroxyl groups excluding tert-OH is 2. The van der Waals surface area contributed by atoms with Gasteiger partial charge in [0.15, 0.2) is 18.0 Å². The number of phosphoric acid groups is 2. The molecule has 5 rings (SSSR count). The van der Waals surface area contributed by atoms with Gasteiger partial charge in [0.1, 0.15) is 19.3 Å². The van der Waals surface area contributed by atoms with Gasteiger partial charge in [-0.25, -0.2) is 0 Å². The number of carbonyl (C=O) groups is 6. The zero-order chi connectivity index (χ0) is 81.3. The van der Waals surface area contributed by atoms with Crippen molar-refractivity contribution in [3.63, 3.8) is 0 Å². The Morgan fingerprint density at radius 2 is 0.804 bits per heavy atom. The largest absolute Gasteiger partial charge is 1.00 e. The molecule has 640 valence electrons. The summed E-state index contributed by atoms with van der Waals surface area (Å²) in [6, 6.07) is 0. The molecule has 0 radical (unpaired) electrons. The fourth-order valence-corrected chi connectivity index (χ4v) is 20.3. The van der Waals surface area contributed by atoms with Gasteiger partial charge in [-0.15, -0.1) is 0 Å². The van der Waals surface area contributed by atoms with Crippen molar-refractivity contribution in [3.8, 4) is 0 Å². The zero-order valence-electron chi connectivity index (χ0n) is 72.6. The fourth-order valence-electron chi connectivity index (χ4n) is 18.7. The molecular weight excluding hydrogens is 1490 g/mol. The normalized spacial score (nSPS) is 26.2. The van der Waals surface area contributed by atoms with Gasteiger partial charge in [0.2, 0.25) is 0 Å². The minimum Gasteiger partial charge on any atom is -0.756 e. The van der Waals surface area contributed by atoms with Gasteiger partial charge in [-0.05, 0) is 135 Å². The molecule has 5 aliphatic rings. The van der Waals surface area contributed by atoms with Crippen LogP contribution in [-0.2, 0) is 74.9 Å². The minimum absolute atomic E-state index is 0. The summed E-state index contributed by atoms with van der Waals surface area (Å²) in [6.45, 7) is 20.2. The van der Waals surface area contributed by atoms with Crippen LogP contribution in [0.15, 0.2) is 11.6 Å². The van der Waals surface area contributed by atoms with Crippen molar-refractivity contribution in [3.05, 3.63) is 11.6 Å². The van der Waals surface area contributed by atoms with Crippen molar-refractivity contribution >= 4 is 51.3 Å². The molecule has 0 bridgehead atoms. The third-order valence-electron chi connectivity index (χ3n) is 26.2. The molecule has 0 amide bonds. The number of esters is 4. The first-order valence-electron chi connectivity index (χ1n) is 44.0. The maximum atomic E-state index is 14.2. The number of fused-ring (bicyclic) bond motifs is 7. The van der Waals surface area contributed by atoms with E-state index in [1.807, 2.05) is 13.0 Å². The number of carbonyl (C=O) groups excluding carboxylic acids is 5. The summed E-state index contributed by atoms with van der Waals surface area (Å²) in [6.07, 6.45) is 44.2. The number of carboxylic acids is 1. The quantitative estimate of drug-likeness (QED) is 0.0167. The van der Waals surface area contributed by atoms with Crippen LogP contribution in [0.2, 0.25) is 0 Å². The summed E-state index contributed by atoms with van der Waals surface area (Å²) in [7, 11) is -10.4. The second-order valence-corrected chi connectivity index (χ2v) is 38.4. The van der Waals surface area contributed by atoms with E-state index in [4.69, 9.17) is 37.0 Å². The monoisotopic (exact) mass is 1640 g/mol. The average Bonchev–Trinajstić information content (AvgIpc) is 0.673. The van der Waals surface area contributed by atoms with Gasteiger partial charge < -0.3 is 62.1 Å². The number of hydrogen-bond acceptors (Lipinski definition) is 20. The summed E-state index contributed by atoms with van der Waals surface area (Å²) in [5.74, 6) is -2.18. The van der Waals surface area contributed by atoms with Crippen LogP contribution >= 0.6 is 15.6 Å². The minimum atomic E-state index is -5.20. The van der Waals surface area contributed by atoms with Crippen molar-refractivity contribution < 1.29 is 159 Å². The van der Waals surface area contributed by atoms with Gasteiger partial charge in [0, 0.05) is 31.6 Å². The molecule has 0 aliphatic heterocycles. The van der Waals surface area contributed by atoms with Crippen molar-refractivity contribution in [2.45, 2.75) is 415 Å². The van der Waals surface area contributed by atoms with Crippen LogP contribution in [0.1, 0.15) is 391 Å². The molecular formula is C87H154Na2O21P2. The summed E-state index contributed by atoms with van der Waals surface area (Å²) in [4.78, 5) is 103. The Morgan fingerprint density at radius 3 is 1.17 bits per heavy atom. The Kier molecular flexibility index (Phi) is 53.2. The van der Waals surface area contributed by atoms with Crippen LogP contribution < -0.4 is 68.9 Å². The molecule has 0 spiro atoms. The summed E-state index contributed by atoms with van der Waals surface area (Å²) in [5, 5.41) is 31.3. The number of phosphoric ester groups is 2. The molecule has 0 saturated heterocycles. The van der Waals surface area contributed by atoms with Crippen LogP contribution in [0.3, 0.4) is 0 Å². The van der Waals surface area contributed by atoms with Crippen LogP contribution in [0, 0.1) is 50.2 Å². The van der Waals surface area contributed by atoms with E-state index in [0.29, 0.717) is 38.0 Å². The summed E-state index contributed by atoms with van der Waals surface area (Å²) >= 11 is 0. The van der Waals surface area contributed by atoms with E-state index >= 15 is 0 Å². The Hall–Kier alpha value is -1.10. The number of hydrogen-bond donors (Lipinski definition) is 3. The molecule has 21 nitrogen and oxygen atoms in total. The average molecular weight is 1640 g/mol. The number of allylic oxidation sites excluding steroid dienone is 2. The van der Waals surface area contributed by atoms with Crippen molar-refractivity contribution in [1.82, 2.24) is 0 Å². The van der Waals surface area contributed by atoms with Crippen LogP contribution in [-0.4, -0.2) is 115 Å². The van der Waals surface area contributed by atoms with E-state index in [9.17, 15) is 63.0 Å². The number of ether oxygens (including phenoxy) is 4. The molecule has 4 saturated carbocycles. The number of aliphatic carboxylic acids is 1. The molecule has 13 unspecified atom stereocenters. The first-order chi connectivity index (χ1) is 52.2. The second-order valence-electron chi connectivity index (χ2n) is 35.6. The molecule has 4 fully saturated rings. The van der Waals surface area contributed by atoms with E-state index in [1.165, 1.54) is 108 Å². The van der Waals surface area contributed by atoms with E-state index in [0.717, 1.165) is 154 Å². The summed E-state index contributed by atoms with van der Waals surface area (Å²) < 4.78 is 66.7. The maximum Gasteiger partial charge on any atom is 1.00 e. The second kappa shape index (κ2) is 55.7. The molecule has 0 aromatic heterocycles. The van der Waals surface area contributed by atoms with E-state index in [-0.39, 0.29) is 136 Å². The smallest absolute Gasteiger partial charge is 0.756 e. The molecule has 112 heavy (non-hydrogen) atoms. The molecule has 0 aromatic carbocycles. The Bertz CT molecular complexity index is 2720. The van der Waals surface area contributed by atoms with Gasteiger partial charge in [-0.3, -0.25) is 37.9 Å². The summed E-state index contributed by atoms with van der Waals surface area (Å²) in [5.41, 5.74) is 0.142. The molecule has 0 heterocycles. The number of rotatable bonds is 59. The van der Waals surface area contributed by atoms with Crippen molar-refractivity contribution in [2.24, 2.45) is 50.2 Å².